The lowest BCUT2D eigenvalue weighted by atomic mass is 10.2. The number of nitro groups is 1. The summed E-state index contributed by atoms with van der Waals surface area (Å²) in [6.45, 7) is 2.39. The molecule has 4 rings (SSSR count). The number of aromatic nitrogens is 3. The molecule has 1 fully saturated rings. The van der Waals surface area contributed by atoms with Crippen LogP contribution in [0.15, 0.2) is 48.5 Å². The highest BCUT2D eigenvalue weighted by atomic mass is 16.6. The minimum absolute atomic E-state index is 0.125. The first kappa shape index (κ1) is 20.2. The Morgan fingerprint density at radius 2 is 1.71 bits per heavy atom. The van der Waals surface area contributed by atoms with E-state index in [0.717, 1.165) is 5.69 Å². The highest BCUT2D eigenvalue weighted by Gasteiger charge is 2.18. The largest absolute Gasteiger partial charge is 0.378 e. The number of ether oxygens (including phenoxy) is 1. The van der Waals surface area contributed by atoms with Gasteiger partial charge in [-0.15, -0.1) is 0 Å². The summed E-state index contributed by atoms with van der Waals surface area (Å²) in [7, 11) is 0. The molecule has 1 saturated heterocycles. The molecule has 0 radical (unpaired) electrons. The topological polar surface area (TPSA) is 135 Å². The number of hydrogen-bond donors (Lipinski definition) is 2. The van der Waals surface area contributed by atoms with Crippen LogP contribution in [0.5, 0.6) is 0 Å². The van der Waals surface area contributed by atoms with E-state index in [4.69, 9.17) is 4.74 Å². The van der Waals surface area contributed by atoms with Crippen LogP contribution in [0.1, 0.15) is 10.4 Å². The molecule has 0 aliphatic carbocycles. The lowest BCUT2D eigenvalue weighted by Crippen LogP contribution is -2.37. The molecule has 0 unspecified atom stereocenters. The summed E-state index contributed by atoms with van der Waals surface area (Å²) in [5.41, 5.74) is 1.10. The number of carbonyl (C=O) groups excluding carboxylic acids is 1. The van der Waals surface area contributed by atoms with Crippen LogP contribution in [0.2, 0.25) is 0 Å². The number of carbonyl (C=O) groups is 1. The van der Waals surface area contributed by atoms with Crippen molar-refractivity contribution in [1.82, 2.24) is 15.0 Å². The van der Waals surface area contributed by atoms with E-state index in [-0.39, 0.29) is 17.2 Å². The van der Waals surface area contributed by atoms with Crippen molar-refractivity contribution in [3.63, 3.8) is 0 Å². The Balaban J connectivity index is 1.68. The fourth-order valence-electron chi connectivity index (χ4n) is 3.03. The third-order valence-corrected chi connectivity index (χ3v) is 4.57. The van der Waals surface area contributed by atoms with E-state index in [1.165, 1.54) is 18.2 Å². The van der Waals surface area contributed by atoms with Crippen LogP contribution in [0.4, 0.5) is 34.9 Å². The smallest absolute Gasteiger partial charge is 0.270 e. The summed E-state index contributed by atoms with van der Waals surface area (Å²) >= 11 is 0. The van der Waals surface area contributed by atoms with Crippen LogP contribution in [-0.4, -0.2) is 52.5 Å². The van der Waals surface area contributed by atoms with E-state index < -0.39 is 4.92 Å². The van der Waals surface area contributed by atoms with Gasteiger partial charge >= 0.3 is 0 Å². The Morgan fingerprint density at radius 3 is 2.39 bits per heavy atom. The van der Waals surface area contributed by atoms with Gasteiger partial charge in [0.15, 0.2) is 6.29 Å². The predicted molar refractivity (Wildman–Crippen MR) is 114 cm³/mol. The van der Waals surface area contributed by atoms with Gasteiger partial charge in [-0.1, -0.05) is 18.2 Å². The van der Waals surface area contributed by atoms with E-state index in [2.05, 4.69) is 25.6 Å². The van der Waals surface area contributed by atoms with Gasteiger partial charge in [0.1, 0.15) is 0 Å². The fraction of sp³-hybridized carbons (Fsp3) is 0.200. The minimum atomic E-state index is -0.557. The second-order valence-electron chi connectivity index (χ2n) is 6.64. The molecule has 0 amide bonds. The average Bonchev–Trinajstić information content (AvgIpc) is 2.80. The van der Waals surface area contributed by atoms with Crippen molar-refractivity contribution in [3.8, 4) is 0 Å². The molecule has 0 atom stereocenters. The van der Waals surface area contributed by atoms with Crippen LogP contribution in [0.25, 0.3) is 0 Å². The maximum Gasteiger partial charge on any atom is 0.270 e. The molecule has 1 aliphatic rings. The number of non-ortho nitro benzene ring substituents is 1. The quantitative estimate of drug-likeness (QED) is 0.333. The number of benzene rings is 2. The Labute approximate surface area is 177 Å². The standard InChI is InChI=1S/C20H19N7O4/c28-13-14-12-16(27(29)30)6-7-17(14)22-19-23-18(21-15-4-2-1-3-5-15)24-20(25-19)26-8-10-31-11-9-26/h1-7,12-13H,8-11H2,(H2,21,22,23,24,25). The average molecular weight is 421 g/mol. The number of nitrogens with zero attached hydrogens (tertiary/aromatic N) is 5. The summed E-state index contributed by atoms with van der Waals surface area (Å²) in [5, 5.41) is 17.1. The monoisotopic (exact) mass is 421 g/mol. The highest BCUT2D eigenvalue weighted by Crippen LogP contribution is 2.25. The molecule has 1 aromatic heterocycles. The molecule has 3 aromatic rings. The van der Waals surface area contributed by atoms with Crippen molar-refractivity contribution in [2.24, 2.45) is 0 Å². The number of para-hydroxylation sites is 1. The fourth-order valence-corrected chi connectivity index (χ4v) is 3.03. The lowest BCUT2D eigenvalue weighted by molar-refractivity contribution is -0.384. The number of nitro benzene ring substituents is 1. The molecule has 11 nitrogen and oxygen atoms in total. The molecule has 158 valence electrons. The number of hydrogen-bond acceptors (Lipinski definition) is 10. The second kappa shape index (κ2) is 9.13. The number of rotatable bonds is 7. The molecule has 2 aromatic carbocycles. The summed E-state index contributed by atoms with van der Waals surface area (Å²) in [6, 6.07) is 13.4. The summed E-state index contributed by atoms with van der Waals surface area (Å²) in [4.78, 5) is 37.3. The van der Waals surface area contributed by atoms with E-state index >= 15 is 0 Å². The Morgan fingerprint density at radius 1 is 1.00 bits per heavy atom. The third kappa shape index (κ3) is 4.90. The van der Waals surface area contributed by atoms with Gasteiger partial charge in [-0.25, -0.2) is 0 Å². The van der Waals surface area contributed by atoms with E-state index in [1.54, 1.807) is 0 Å². The normalized spacial score (nSPS) is 13.5. The first-order valence-corrected chi connectivity index (χ1v) is 9.54. The first-order valence-electron chi connectivity index (χ1n) is 9.54. The van der Waals surface area contributed by atoms with Crippen molar-refractivity contribution in [2.75, 3.05) is 41.8 Å². The molecule has 11 heteroatoms. The second-order valence-corrected chi connectivity index (χ2v) is 6.64. The predicted octanol–water partition coefficient (Wildman–Crippen LogP) is 2.92. The summed E-state index contributed by atoms with van der Waals surface area (Å²) in [6.07, 6.45) is 0.544. The molecular formula is C20H19N7O4. The van der Waals surface area contributed by atoms with Gasteiger partial charge in [0, 0.05) is 36.5 Å². The molecule has 0 saturated carbocycles. The number of aldehydes is 1. The zero-order chi connectivity index (χ0) is 21.6. The molecule has 1 aliphatic heterocycles. The van der Waals surface area contributed by atoms with E-state index in [9.17, 15) is 14.9 Å². The molecule has 2 N–H and O–H groups in total. The Kier molecular flexibility index (Phi) is 5.94. The van der Waals surface area contributed by atoms with Crippen LogP contribution in [0.3, 0.4) is 0 Å². The summed E-state index contributed by atoms with van der Waals surface area (Å²) in [5.74, 6) is 0.973. The van der Waals surface area contributed by atoms with E-state index in [0.29, 0.717) is 50.2 Å². The van der Waals surface area contributed by atoms with Gasteiger partial charge in [0.2, 0.25) is 17.8 Å². The Hall–Kier alpha value is -4.12. The molecule has 0 bridgehead atoms. The van der Waals surface area contributed by atoms with Crippen molar-refractivity contribution < 1.29 is 14.5 Å². The number of morpholine rings is 1. The van der Waals surface area contributed by atoms with Gasteiger partial charge in [-0.2, -0.15) is 15.0 Å². The number of anilines is 5. The van der Waals surface area contributed by atoms with Crippen LogP contribution in [0, 0.1) is 10.1 Å². The van der Waals surface area contributed by atoms with Crippen molar-refractivity contribution in [3.05, 3.63) is 64.2 Å². The van der Waals surface area contributed by atoms with Gasteiger partial charge in [0.25, 0.3) is 5.69 Å². The number of nitrogens with one attached hydrogen (secondary N) is 2. The zero-order valence-electron chi connectivity index (χ0n) is 16.4. The van der Waals surface area contributed by atoms with Gasteiger partial charge < -0.3 is 20.3 Å². The van der Waals surface area contributed by atoms with E-state index in [1.807, 2.05) is 35.2 Å². The van der Waals surface area contributed by atoms with Crippen molar-refractivity contribution >= 4 is 41.2 Å². The molecular weight excluding hydrogens is 402 g/mol. The van der Waals surface area contributed by atoms with Crippen molar-refractivity contribution in [2.45, 2.75) is 0 Å². The lowest BCUT2D eigenvalue weighted by Gasteiger charge is -2.27. The third-order valence-electron chi connectivity index (χ3n) is 4.57. The van der Waals surface area contributed by atoms with Crippen LogP contribution >= 0.6 is 0 Å². The molecule has 31 heavy (non-hydrogen) atoms. The maximum absolute atomic E-state index is 11.5. The van der Waals surface area contributed by atoms with Gasteiger partial charge in [0.05, 0.1) is 23.8 Å². The van der Waals surface area contributed by atoms with Crippen molar-refractivity contribution in [1.29, 1.82) is 0 Å². The highest BCUT2D eigenvalue weighted by molar-refractivity contribution is 5.86. The van der Waals surface area contributed by atoms with Crippen LogP contribution < -0.4 is 15.5 Å². The van der Waals surface area contributed by atoms with Crippen LogP contribution in [-0.2, 0) is 4.74 Å². The minimum Gasteiger partial charge on any atom is -0.378 e. The maximum atomic E-state index is 11.5. The first-order chi connectivity index (χ1) is 15.1. The SMILES string of the molecule is O=Cc1cc([N+](=O)[O-])ccc1Nc1nc(Nc2ccccc2)nc(N2CCOCC2)n1. The molecule has 2 heterocycles. The van der Waals surface area contributed by atoms with Gasteiger partial charge in [-0.3, -0.25) is 14.9 Å². The van der Waals surface area contributed by atoms with Gasteiger partial charge in [-0.05, 0) is 18.2 Å². The summed E-state index contributed by atoms with van der Waals surface area (Å²) < 4.78 is 5.40. The molecule has 0 spiro atoms. The zero-order valence-corrected chi connectivity index (χ0v) is 16.4. The Bertz CT molecular complexity index is 1090.